The zero-order valence-corrected chi connectivity index (χ0v) is 11.2. The smallest absolute Gasteiger partial charge is 0.234 e. The van der Waals surface area contributed by atoms with Gasteiger partial charge in [-0.25, -0.2) is 0 Å². The second-order valence-electron chi connectivity index (χ2n) is 3.92. The molecule has 4 heteroatoms. The number of amides is 1. The summed E-state index contributed by atoms with van der Waals surface area (Å²) < 4.78 is 1.06. The van der Waals surface area contributed by atoms with Gasteiger partial charge < -0.3 is 10.6 Å². The summed E-state index contributed by atoms with van der Waals surface area (Å²) in [5.41, 5.74) is 1.15. The van der Waals surface area contributed by atoms with Crippen LogP contribution in [0.3, 0.4) is 0 Å². The van der Waals surface area contributed by atoms with E-state index in [1.807, 2.05) is 38.1 Å². The minimum absolute atomic E-state index is 0.0297. The summed E-state index contributed by atoms with van der Waals surface area (Å²) in [6, 6.07) is 8.16. The third-order valence-electron chi connectivity index (χ3n) is 2.01. The minimum atomic E-state index is 0.0297. The van der Waals surface area contributed by atoms with Gasteiger partial charge in [-0.1, -0.05) is 34.1 Å². The van der Waals surface area contributed by atoms with Crippen LogP contribution in [0.2, 0.25) is 0 Å². The molecule has 2 N–H and O–H groups in total. The Bertz CT molecular complexity index is 353. The largest absolute Gasteiger partial charge is 0.353 e. The number of rotatable bonds is 5. The van der Waals surface area contributed by atoms with Crippen LogP contribution in [0.4, 0.5) is 0 Å². The number of carbonyl (C=O) groups is 1. The summed E-state index contributed by atoms with van der Waals surface area (Å²) >= 11 is 3.46. The molecule has 0 radical (unpaired) electrons. The average Bonchev–Trinajstić information content (AvgIpc) is 2.19. The zero-order valence-electron chi connectivity index (χ0n) is 9.59. The lowest BCUT2D eigenvalue weighted by molar-refractivity contribution is -0.120. The summed E-state index contributed by atoms with van der Waals surface area (Å²) in [7, 11) is 0. The first kappa shape index (κ1) is 13.2. The van der Waals surface area contributed by atoms with Gasteiger partial charge in [0.1, 0.15) is 0 Å². The molecule has 3 nitrogen and oxygen atoms in total. The molecule has 0 aliphatic carbocycles. The lowest BCUT2D eigenvalue weighted by atomic mass is 10.2. The summed E-state index contributed by atoms with van der Waals surface area (Å²) in [6.07, 6.45) is 0. The van der Waals surface area contributed by atoms with Crippen LogP contribution in [-0.2, 0) is 11.3 Å². The van der Waals surface area contributed by atoms with Crippen molar-refractivity contribution < 1.29 is 4.79 Å². The van der Waals surface area contributed by atoms with Crippen LogP contribution >= 0.6 is 15.9 Å². The molecule has 1 amide bonds. The predicted molar refractivity (Wildman–Crippen MR) is 69.1 cm³/mol. The quantitative estimate of drug-likeness (QED) is 0.869. The van der Waals surface area contributed by atoms with Crippen molar-refractivity contribution in [2.24, 2.45) is 0 Å². The van der Waals surface area contributed by atoms with E-state index < -0.39 is 0 Å². The fourth-order valence-electron chi connectivity index (χ4n) is 1.33. The van der Waals surface area contributed by atoms with E-state index in [2.05, 4.69) is 26.6 Å². The average molecular weight is 285 g/mol. The first-order chi connectivity index (χ1) is 7.59. The standard InChI is InChI=1S/C12H17BrN2O/c1-9(2)15-12(16)8-14-7-10-5-3-4-6-11(10)13/h3-6,9,14H,7-8H2,1-2H3,(H,15,16). The van der Waals surface area contributed by atoms with Crippen LogP contribution in [0.25, 0.3) is 0 Å². The maximum atomic E-state index is 11.3. The molecule has 0 aromatic heterocycles. The summed E-state index contributed by atoms with van der Waals surface area (Å²) in [6.45, 7) is 4.93. The Hall–Kier alpha value is -0.870. The monoisotopic (exact) mass is 284 g/mol. The van der Waals surface area contributed by atoms with Gasteiger partial charge in [-0.3, -0.25) is 4.79 Å². The van der Waals surface area contributed by atoms with E-state index in [9.17, 15) is 4.79 Å². The van der Waals surface area contributed by atoms with Crippen molar-refractivity contribution >= 4 is 21.8 Å². The van der Waals surface area contributed by atoms with Crippen molar-refractivity contribution in [1.29, 1.82) is 0 Å². The fourth-order valence-corrected chi connectivity index (χ4v) is 1.75. The molecular formula is C12H17BrN2O. The van der Waals surface area contributed by atoms with Crippen molar-refractivity contribution in [2.45, 2.75) is 26.4 Å². The highest BCUT2D eigenvalue weighted by molar-refractivity contribution is 9.10. The first-order valence-corrected chi connectivity index (χ1v) is 6.12. The molecule has 0 atom stereocenters. The van der Waals surface area contributed by atoms with Gasteiger partial charge in [-0.2, -0.15) is 0 Å². The molecule has 1 aromatic rings. The van der Waals surface area contributed by atoms with E-state index in [4.69, 9.17) is 0 Å². The Balaban J connectivity index is 2.31. The fraction of sp³-hybridized carbons (Fsp3) is 0.417. The van der Waals surface area contributed by atoms with Gasteiger partial charge in [0.2, 0.25) is 5.91 Å². The maximum Gasteiger partial charge on any atom is 0.234 e. The van der Waals surface area contributed by atoms with Crippen molar-refractivity contribution in [3.8, 4) is 0 Å². The van der Waals surface area contributed by atoms with Gasteiger partial charge in [0, 0.05) is 17.1 Å². The third kappa shape index (κ3) is 4.77. The molecule has 0 unspecified atom stereocenters. The SMILES string of the molecule is CC(C)NC(=O)CNCc1ccccc1Br. The number of halogens is 1. The van der Waals surface area contributed by atoms with E-state index in [1.54, 1.807) is 0 Å². The Morgan fingerprint density at radius 3 is 2.69 bits per heavy atom. The molecule has 1 rings (SSSR count). The third-order valence-corrected chi connectivity index (χ3v) is 2.78. The molecule has 0 saturated heterocycles. The van der Waals surface area contributed by atoms with Gasteiger partial charge >= 0.3 is 0 Å². The molecule has 0 heterocycles. The highest BCUT2D eigenvalue weighted by atomic mass is 79.9. The van der Waals surface area contributed by atoms with Crippen LogP contribution in [0.15, 0.2) is 28.7 Å². The number of carbonyl (C=O) groups excluding carboxylic acids is 1. The second kappa shape index (κ2) is 6.66. The van der Waals surface area contributed by atoms with Crippen LogP contribution in [0.1, 0.15) is 19.4 Å². The molecule has 16 heavy (non-hydrogen) atoms. The number of nitrogens with one attached hydrogen (secondary N) is 2. The number of benzene rings is 1. The van der Waals surface area contributed by atoms with E-state index in [0.717, 1.165) is 10.0 Å². The van der Waals surface area contributed by atoms with Gasteiger partial charge in [-0.15, -0.1) is 0 Å². The molecule has 0 spiro atoms. The van der Waals surface area contributed by atoms with E-state index >= 15 is 0 Å². The van der Waals surface area contributed by atoms with E-state index in [-0.39, 0.29) is 11.9 Å². The van der Waals surface area contributed by atoms with Gasteiger partial charge in [-0.05, 0) is 25.5 Å². The van der Waals surface area contributed by atoms with E-state index in [0.29, 0.717) is 13.1 Å². The van der Waals surface area contributed by atoms with Crippen LogP contribution in [0, 0.1) is 0 Å². The van der Waals surface area contributed by atoms with Crippen LogP contribution < -0.4 is 10.6 Å². The molecule has 1 aromatic carbocycles. The van der Waals surface area contributed by atoms with Crippen molar-refractivity contribution in [3.63, 3.8) is 0 Å². The van der Waals surface area contributed by atoms with Crippen LogP contribution in [0.5, 0.6) is 0 Å². The Kier molecular flexibility index (Phi) is 5.49. The Morgan fingerprint density at radius 1 is 1.38 bits per heavy atom. The van der Waals surface area contributed by atoms with Crippen molar-refractivity contribution in [1.82, 2.24) is 10.6 Å². The van der Waals surface area contributed by atoms with Gasteiger partial charge in [0.15, 0.2) is 0 Å². The van der Waals surface area contributed by atoms with E-state index in [1.165, 1.54) is 0 Å². The lowest BCUT2D eigenvalue weighted by Crippen LogP contribution is -2.37. The van der Waals surface area contributed by atoms with Gasteiger partial charge in [0.25, 0.3) is 0 Å². The Morgan fingerprint density at radius 2 is 2.06 bits per heavy atom. The number of hydrogen-bond acceptors (Lipinski definition) is 2. The lowest BCUT2D eigenvalue weighted by Gasteiger charge is -2.09. The zero-order chi connectivity index (χ0) is 12.0. The summed E-state index contributed by atoms with van der Waals surface area (Å²) in [4.78, 5) is 11.3. The highest BCUT2D eigenvalue weighted by Gasteiger charge is 2.03. The van der Waals surface area contributed by atoms with Gasteiger partial charge in [0.05, 0.1) is 6.54 Å². The topological polar surface area (TPSA) is 41.1 Å². The van der Waals surface area contributed by atoms with Crippen molar-refractivity contribution in [3.05, 3.63) is 34.3 Å². The molecule has 88 valence electrons. The normalized spacial score (nSPS) is 10.5. The van der Waals surface area contributed by atoms with Crippen LogP contribution in [-0.4, -0.2) is 18.5 Å². The number of hydrogen-bond donors (Lipinski definition) is 2. The summed E-state index contributed by atoms with van der Waals surface area (Å²) in [5, 5.41) is 5.94. The highest BCUT2D eigenvalue weighted by Crippen LogP contribution is 2.14. The first-order valence-electron chi connectivity index (χ1n) is 5.33. The molecule has 0 saturated carbocycles. The summed E-state index contributed by atoms with van der Waals surface area (Å²) in [5.74, 6) is 0.0297. The second-order valence-corrected chi connectivity index (χ2v) is 4.77. The molecule has 0 bridgehead atoms. The molecule has 0 aliphatic heterocycles. The predicted octanol–water partition coefficient (Wildman–Crippen LogP) is 2.06. The molecule has 0 aliphatic rings. The van der Waals surface area contributed by atoms with Crippen molar-refractivity contribution in [2.75, 3.05) is 6.54 Å². The molecular weight excluding hydrogens is 268 g/mol. The Labute approximate surface area is 105 Å². The molecule has 0 fully saturated rings. The minimum Gasteiger partial charge on any atom is -0.353 e. The maximum absolute atomic E-state index is 11.3.